The Kier molecular flexibility index (Phi) is 5.27. The number of nitrogens with zero attached hydrogens (tertiary/aromatic N) is 1. The zero-order valence-corrected chi connectivity index (χ0v) is 12.3. The van der Waals surface area contributed by atoms with Gasteiger partial charge in [0.05, 0.1) is 6.04 Å². The highest BCUT2D eigenvalue weighted by Gasteiger charge is 2.24. The van der Waals surface area contributed by atoms with Crippen molar-refractivity contribution in [3.63, 3.8) is 0 Å². The molecule has 1 N–H and O–H groups in total. The second kappa shape index (κ2) is 7.17. The number of hydrogen-bond acceptors (Lipinski definition) is 3. The van der Waals surface area contributed by atoms with Crippen molar-refractivity contribution in [1.29, 1.82) is 0 Å². The van der Waals surface area contributed by atoms with E-state index >= 15 is 0 Å². The molecule has 106 valence electrons. The summed E-state index contributed by atoms with van der Waals surface area (Å²) < 4.78 is 5.76. The van der Waals surface area contributed by atoms with Gasteiger partial charge < -0.3 is 10.1 Å². The SMILES string of the molecule is CCNC(c1cncc(C)c1)C(OC)c1ccccc1. The summed E-state index contributed by atoms with van der Waals surface area (Å²) >= 11 is 0. The molecule has 2 atom stereocenters. The summed E-state index contributed by atoms with van der Waals surface area (Å²) in [6.07, 6.45) is 3.76. The number of aryl methyl sites for hydroxylation is 1. The zero-order valence-electron chi connectivity index (χ0n) is 12.3. The average Bonchev–Trinajstić information content (AvgIpc) is 2.48. The Balaban J connectivity index is 2.35. The van der Waals surface area contributed by atoms with Crippen molar-refractivity contribution in [2.75, 3.05) is 13.7 Å². The molecule has 3 nitrogen and oxygen atoms in total. The van der Waals surface area contributed by atoms with E-state index in [1.165, 1.54) is 5.56 Å². The molecule has 3 heteroatoms. The van der Waals surface area contributed by atoms with Gasteiger partial charge in [0.15, 0.2) is 0 Å². The molecule has 0 spiro atoms. The van der Waals surface area contributed by atoms with Gasteiger partial charge in [0, 0.05) is 19.5 Å². The summed E-state index contributed by atoms with van der Waals surface area (Å²) in [5.41, 5.74) is 3.48. The first-order chi connectivity index (χ1) is 9.76. The Morgan fingerprint density at radius 1 is 1.15 bits per heavy atom. The van der Waals surface area contributed by atoms with Crippen LogP contribution in [0.4, 0.5) is 0 Å². The number of pyridine rings is 1. The van der Waals surface area contributed by atoms with Crippen molar-refractivity contribution in [1.82, 2.24) is 10.3 Å². The predicted molar refractivity (Wildman–Crippen MR) is 81.6 cm³/mol. The Hall–Kier alpha value is -1.71. The standard InChI is InChI=1S/C17H22N2O/c1-4-19-16(15-10-13(2)11-18-12-15)17(20-3)14-8-6-5-7-9-14/h5-12,16-17,19H,4H2,1-3H3. The van der Waals surface area contributed by atoms with Crippen molar-refractivity contribution >= 4 is 0 Å². The Labute approximate surface area is 121 Å². The molecule has 2 aromatic rings. The summed E-state index contributed by atoms with van der Waals surface area (Å²) in [5.74, 6) is 0. The van der Waals surface area contributed by atoms with Crippen molar-refractivity contribution in [3.8, 4) is 0 Å². The average molecular weight is 270 g/mol. The summed E-state index contributed by atoms with van der Waals surface area (Å²) in [6.45, 7) is 5.04. The molecule has 0 fully saturated rings. The maximum absolute atomic E-state index is 5.76. The van der Waals surface area contributed by atoms with Gasteiger partial charge in [0.1, 0.15) is 6.10 Å². The monoisotopic (exact) mass is 270 g/mol. The van der Waals surface area contributed by atoms with E-state index in [0.717, 1.165) is 17.7 Å². The fourth-order valence-electron chi connectivity index (χ4n) is 2.48. The van der Waals surface area contributed by atoms with Gasteiger partial charge in [-0.25, -0.2) is 0 Å². The van der Waals surface area contributed by atoms with Crippen molar-refractivity contribution in [3.05, 3.63) is 65.5 Å². The van der Waals surface area contributed by atoms with Crippen LogP contribution in [0.3, 0.4) is 0 Å². The van der Waals surface area contributed by atoms with E-state index < -0.39 is 0 Å². The van der Waals surface area contributed by atoms with Gasteiger partial charge in [-0.1, -0.05) is 43.3 Å². The molecule has 0 saturated carbocycles. The highest BCUT2D eigenvalue weighted by atomic mass is 16.5. The first-order valence-electron chi connectivity index (χ1n) is 6.99. The van der Waals surface area contributed by atoms with Crippen molar-refractivity contribution in [2.45, 2.75) is 26.0 Å². The van der Waals surface area contributed by atoms with Crippen LogP contribution in [0.5, 0.6) is 0 Å². The third-order valence-corrected chi connectivity index (χ3v) is 3.36. The number of likely N-dealkylation sites (N-methyl/N-ethyl adjacent to an activating group) is 1. The molecule has 1 aromatic heterocycles. The number of benzene rings is 1. The highest BCUT2D eigenvalue weighted by Crippen LogP contribution is 2.31. The largest absolute Gasteiger partial charge is 0.375 e. The first-order valence-corrected chi connectivity index (χ1v) is 6.99. The fraction of sp³-hybridized carbons (Fsp3) is 0.353. The van der Waals surface area contributed by atoms with Gasteiger partial charge in [-0.3, -0.25) is 4.98 Å². The molecule has 2 rings (SSSR count). The van der Waals surface area contributed by atoms with Crippen LogP contribution in [0.2, 0.25) is 0 Å². The Morgan fingerprint density at radius 2 is 1.90 bits per heavy atom. The Bertz CT molecular complexity index is 528. The highest BCUT2D eigenvalue weighted by molar-refractivity contribution is 5.26. The minimum atomic E-state index is -0.0280. The topological polar surface area (TPSA) is 34.2 Å². The normalized spacial score (nSPS) is 13.9. The van der Waals surface area contributed by atoms with Crippen LogP contribution in [-0.2, 0) is 4.74 Å². The van der Waals surface area contributed by atoms with Crippen LogP contribution < -0.4 is 5.32 Å². The molecule has 0 saturated heterocycles. The van der Waals surface area contributed by atoms with Crippen LogP contribution in [0.25, 0.3) is 0 Å². The second-order valence-electron chi connectivity index (χ2n) is 4.90. The molecular weight excluding hydrogens is 248 g/mol. The molecule has 0 bridgehead atoms. The predicted octanol–water partition coefficient (Wildman–Crippen LogP) is 3.43. The number of aromatic nitrogens is 1. The van der Waals surface area contributed by atoms with Crippen LogP contribution in [0.15, 0.2) is 48.8 Å². The van der Waals surface area contributed by atoms with Crippen molar-refractivity contribution < 1.29 is 4.74 Å². The maximum atomic E-state index is 5.76. The summed E-state index contributed by atoms with van der Waals surface area (Å²) in [5, 5.41) is 3.51. The van der Waals surface area contributed by atoms with Gasteiger partial charge in [-0.2, -0.15) is 0 Å². The second-order valence-corrected chi connectivity index (χ2v) is 4.90. The molecule has 0 aliphatic carbocycles. The molecule has 1 heterocycles. The van der Waals surface area contributed by atoms with Gasteiger partial charge in [0.25, 0.3) is 0 Å². The van der Waals surface area contributed by atoms with Gasteiger partial charge in [-0.05, 0) is 30.2 Å². The van der Waals surface area contributed by atoms with Crippen LogP contribution >= 0.6 is 0 Å². The maximum Gasteiger partial charge on any atom is 0.102 e. The van der Waals surface area contributed by atoms with Gasteiger partial charge in [-0.15, -0.1) is 0 Å². The lowest BCUT2D eigenvalue weighted by atomic mass is 9.96. The number of nitrogens with one attached hydrogen (secondary N) is 1. The minimum Gasteiger partial charge on any atom is -0.375 e. The van der Waals surface area contributed by atoms with Crippen LogP contribution in [0, 0.1) is 6.92 Å². The van der Waals surface area contributed by atoms with E-state index in [2.05, 4.69) is 42.3 Å². The number of ether oxygens (including phenoxy) is 1. The van der Waals surface area contributed by atoms with E-state index in [1.807, 2.05) is 30.6 Å². The van der Waals surface area contributed by atoms with E-state index in [4.69, 9.17) is 4.74 Å². The molecule has 1 aromatic carbocycles. The molecule has 0 aliphatic heterocycles. The summed E-state index contributed by atoms with van der Waals surface area (Å²) in [4.78, 5) is 4.30. The van der Waals surface area contributed by atoms with E-state index in [9.17, 15) is 0 Å². The molecule has 20 heavy (non-hydrogen) atoms. The lowest BCUT2D eigenvalue weighted by Crippen LogP contribution is -2.28. The summed E-state index contributed by atoms with van der Waals surface area (Å²) in [6, 6.07) is 12.6. The molecule has 2 unspecified atom stereocenters. The molecule has 0 aliphatic rings. The Morgan fingerprint density at radius 3 is 2.50 bits per heavy atom. The third-order valence-electron chi connectivity index (χ3n) is 3.36. The lowest BCUT2D eigenvalue weighted by Gasteiger charge is -2.27. The number of methoxy groups -OCH3 is 1. The lowest BCUT2D eigenvalue weighted by molar-refractivity contribution is 0.0680. The van der Waals surface area contributed by atoms with Crippen LogP contribution in [-0.4, -0.2) is 18.6 Å². The smallest absolute Gasteiger partial charge is 0.102 e. The molecule has 0 radical (unpaired) electrons. The third kappa shape index (κ3) is 3.44. The first kappa shape index (κ1) is 14.7. The van der Waals surface area contributed by atoms with E-state index in [1.54, 1.807) is 7.11 Å². The van der Waals surface area contributed by atoms with Crippen LogP contribution in [0.1, 0.15) is 35.8 Å². The quantitative estimate of drug-likeness (QED) is 0.873. The van der Waals surface area contributed by atoms with Gasteiger partial charge >= 0.3 is 0 Å². The summed E-state index contributed by atoms with van der Waals surface area (Å²) in [7, 11) is 1.76. The van der Waals surface area contributed by atoms with Gasteiger partial charge in [0.2, 0.25) is 0 Å². The van der Waals surface area contributed by atoms with E-state index in [-0.39, 0.29) is 12.1 Å². The minimum absolute atomic E-state index is 0.0280. The number of rotatable bonds is 6. The fourth-order valence-corrected chi connectivity index (χ4v) is 2.48. The van der Waals surface area contributed by atoms with E-state index in [0.29, 0.717) is 0 Å². The molecular formula is C17H22N2O. The van der Waals surface area contributed by atoms with Crippen molar-refractivity contribution in [2.24, 2.45) is 0 Å². The number of hydrogen-bond donors (Lipinski definition) is 1. The molecule has 0 amide bonds. The zero-order chi connectivity index (χ0) is 14.4.